The summed E-state index contributed by atoms with van der Waals surface area (Å²) in [5.74, 6) is -1.47. The average molecular weight is 365 g/mol. The lowest BCUT2D eigenvalue weighted by atomic mass is 10.0. The molecule has 2 aromatic carbocycles. The molecule has 0 spiro atoms. The fourth-order valence-electron chi connectivity index (χ4n) is 2.47. The summed E-state index contributed by atoms with van der Waals surface area (Å²) >= 11 is 0. The number of nitrogens with one attached hydrogen (secondary N) is 1. The number of carbonyl (C=O) groups is 1. The van der Waals surface area contributed by atoms with E-state index in [1.54, 1.807) is 0 Å². The Bertz CT molecular complexity index is 837. The Morgan fingerprint density at radius 2 is 1.88 bits per heavy atom. The predicted octanol–water partition coefficient (Wildman–Crippen LogP) is 2.89. The molecule has 1 atom stereocenters. The number of benzene rings is 2. The van der Waals surface area contributed by atoms with E-state index in [0.29, 0.717) is 6.42 Å². The maximum absolute atomic E-state index is 13.4. The van der Waals surface area contributed by atoms with Crippen molar-refractivity contribution in [2.45, 2.75) is 37.1 Å². The lowest BCUT2D eigenvalue weighted by Gasteiger charge is -2.18. The number of carboxylic acid groups (broad SMARTS) is 1. The third-order valence-corrected chi connectivity index (χ3v) is 5.31. The number of rotatable bonds is 8. The van der Waals surface area contributed by atoms with Crippen LogP contribution in [0.25, 0.3) is 0 Å². The highest BCUT2D eigenvalue weighted by molar-refractivity contribution is 7.89. The summed E-state index contributed by atoms with van der Waals surface area (Å²) in [6.45, 7) is 1.49. The molecule has 0 bridgehead atoms. The highest BCUT2D eigenvalue weighted by Crippen LogP contribution is 2.16. The van der Waals surface area contributed by atoms with Crippen LogP contribution in [0.1, 0.15) is 24.0 Å². The Kier molecular flexibility index (Phi) is 6.27. The van der Waals surface area contributed by atoms with Crippen LogP contribution in [-0.2, 0) is 21.2 Å². The van der Waals surface area contributed by atoms with Crippen LogP contribution in [0.3, 0.4) is 0 Å². The van der Waals surface area contributed by atoms with Gasteiger partial charge in [0.1, 0.15) is 5.82 Å². The van der Waals surface area contributed by atoms with E-state index < -0.39 is 27.9 Å². The number of hydrogen-bond donors (Lipinski definition) is 2. The summed E-state index contributed by atoms with van der Waals surface area (Å²) in [6.07, 6.45) is 0.375. The molecule has 0 amide bonds. The zero-order valence-corrected chi connectivity index (χ0v) is 14.6. The average Bonchev–Trinajstić information content (AvgIpc) is 2.55. The van der Waals surface area contributed by atoms with E-state index in [0.717, 1.165) is 11.6 Å². The summed E-state index contributed by atoms with van der Waals surface area (Å²) in [6, 6.07) is 12.2. The van der Waals surface area contributed by atoms with Crippen molar-refractivity contribution < 1.29 is 22.7 Å². The van der Waals surface area contributed by atoms with E-state index in [2.05, 4.69) is 4.72 Å². The standard InChI is InChI=1S/C18H20FNO4S/c1-13-11-16(8-9-17(13)19)25(23,24)20-15(7-10-18(21)22)12-14-5-3-2-4-6-14/h2-6,8-9,11,15,20H,7,10,12H2,1H3,(H,21,22). The SMILES string of the molecule is Cc1cc(S(=O)(=O)NC(CCC(=O)O)Cc2ccccc2)ccc1F. The van der Waals surface area contributed by atoms with Gasteiger partial charge in [-0.1, -0.05) is 30.3 Å². The maximum atomic E-state index is 13.4. The molecular weight excluding hydrogens is 345 g/mol. The van der Waals surface area contributed by atoms with Crippen molar-refractivity contribution in [1.29, 1.82) is 0 Å². The van der Waals surface area contributed by atoms with Crippen molar-refractivity contribution in [1.82, 2.24) is 4.72 Å². The van der Waals surface area contributed by atoms with Gasteiger partial charge in [0.15, 0.2) is 0 Å². The molecule has 0 aliphatic heterocycles. The molecular formula is C18H20FNO4S. The molecule has 0 aliphatic carbocycles. The first-order valence-corrected chi connectivity index (χ1v) is 9.30. The molecule has 1 unspecified atom stereocenters. The minimum atomic E-state index is -3.88. The fourth-order valence-corrected chi connectivity index (χ4v) is 3.83. The fraction of sp³-hybridized carbons (Fsp3) is 0.278. The molecule has 0 aliphatic rings. The van der Waals surface area contributed by atoms with Crippen molar-refractivity contribution in [2.24, 2.45) is 0 Å². The van der Waals surface area contributed by atoms with Crippen LogP contribution in [-0.4, -0.2) is 25.5 Å². The molecule has 0 radical (unpaired) electrons. The first-order chi connectivity index (χ1) is 11.8. The van der Waals surface area contributed by atoms with Gasteiger partial charge < -0.3 is 5.11 Å². The second-order valence-electron chi connectivity index (χ2n) is 5.85. The molecule has 0 fully saturated rings. The van der Waals surface area contributed by atoms with E-state index in [1.165, 1.54) is 19.1 Å². The van der Waals surface area contributed by atoms with Crippen molar-refractivity contribution in [3.05, 3.63) is 65.5 Å². The monoisotopic (exact) mass is 365 g/mol. The quantitative estimate of drug-likeness (QED) is 0.753. The van der Waals surface area contributed by atoms with Gasteiger partial charge in [-0.3, -0.25) is 4.79 Å². The smallest absolute Gasteiger partial charge is 0.303 e. The third kappa shape index (κ3) is 5.65. The molecule has 2 aromatic rings. The predicted molar refractivity (Wildman–Crippen MR) is 92.3 cm³/mol. The summed E-state index contributed by atoms with van der Waals surface area (Å²) in [7, 11) is -3.88. The highest BCUT2D eigenvalue weighted by Gasteiger charge is 2.22. The largest absolute Gasteiger partial charge is 0.481 e. The van der Waals surface area contributed by atoms with Gasteiger partial charge in [-0.05, 0) is 49.1 Å². The number of hydrogen-bond acceptors (Lipinski definition) is 3. The lowest BCUT2D eigenvalue weighted by Crippen LogP contribution is -2.37. The van der Waals surface area contributed by atoms with Crippen molar-refractivity contribution >= 4 is 16.0 Å². The molecule has 0 aromatic heterocycles. The van der Waals surface area contributed by atoms with Crippen LogP contribution < -0.4 is 4.72 Å². The Hall–Kier alpha value is -2.25. The van der Waals surface area contributed by atoms with E-state index in [1.807, 2.05) is 30.3 Å². The number of halogens is 1. The Balaban J connectivity index is 2.21. The van der Waals surface area contributed by atoms with Crippen LogP contribution >= 0.6 is 0 Å². The molecule has 2 rings (SSSR count). The maximum Gasteiger partial charge on any atom is 0.303 e. The van der Waals surface area contributed by atoms with E-state index >= 15 is 0 Å². The normalized spacial score (nSPS) is 12.7. The number of carboxylic acids is 1. The Labute approximate surface area is 146 Å². The zero-order chi connectivity index (χ0) is 18.4. The lowest BCUT2D eigenvalue weighted by molar-refractivity contribution is -0.137. The second-order valence-corrected chi connectivity index (χ2v) is 7.57. The summed E-state index contributed by atoms with van der Waals surface area (Å²) in [5, 5.41) is 8.89. The molecule has 7 heteroatoms. The van der Waals surface area contributed by atoms with Gasteiger partial charge in [0.05, 0.1) is 4.90 Å². The van der Waals surface area contributed by atoms with Crippen LogP contribution in [0, 0.1) is 12.7 Å². The van der Waals surface area contributed by atoms with Crippen LogP contribution in [0.2, 0.25) is 0 Å². The van der Waals surface area contributed by atoms with Gasteiger partial charge in [-0.2, -0.15) is 0 Å². The van der Waals surface area contributed by atoms with Gasteiger partial charge in [0.2, 0.25) is 10.0 Å². The second kappa shape index (κ2) is 8.22. The summed E-state index contributed by atoms with van der Waals surface area (Å²) < 4.78 is 41.0. The Morgan fingerprint density at radius 3 is 2.48 bits per heavy atom. The van der Waals surface area contributed by atoms with Gasteiger partial charge in [0.25, 0.3) is 0 Å². The molecule has 2 N–H and O–H groups in total. The third-order valence-electron chi connectivity index (χ3n) is 3.79. The number of aryl methyl sites for hydroxylation is 1. The molecule has 0 heterocycles. The van der Waals surface area contributed by atoms with Crippen LogP contribution in [0.5, 0.6) is 0 Å². The molecule has 0 saturated heterocycles. The number of sulfonamides is 1. The van der Waals surface area contributed by atoms with Crippen molar-refractivity contribution in [3.63, 3.8) is 0 Å². The van der Waals surface area contributed by atoms with Crippen molar-refractivity contribution in [3.8, 4) is 0 Å². The number of aliphatic carboxylic acids is 1. The Morgan fingerprint density at radius 1 is 1.20 bits per heavy atom. The zero-order valence-electron chi connectivity index (χ0n) is 13.8. The molecule has 0 saturated carbocycles. The summed E-state index contributed by atoms with van der Waals surface area (Å²) in [5.41, 5.74) is 1.13. The van der Waals surface area contributed by atoms with E-state index in [9.17, 15) is 17.6 Å². The van der Waals surface area contributed by atoms with Gasteiger partial charge in [0, 0.05) is 12.5 Å². The van der Waals surface area contributed by atoms with E-state index in [-0.39, 0.29) is 23.3 Å². The van der Waals surface area contributed by atoms with Crippen molar-refractivity contribution in [2.75, 3.05) is 0 Å². The summed E-state index contributed by atoms with van der Waals surface area (Å²) in [4.78, 5) is 10.8. The first-order valence-electron chi connectivity index (χ1n) is 7.82. The molecule has 134 valence electrons. The minimum absolute atomic E-state index is 0.0419. The highest BCUT2D eigenvalue weighted by atomic mass is 32.2. The van der Waals surface area contributed by atoms with Gasteiger partial charge >= 0.3 is 5.97 Å². The molecule has 5 nitrogen and oxygen atoms in total. The van der Waals surface area contributed by atoms with Crippen LogP contribution in [0.4, 0.5) is 4.39 Å². The van der Waals surface area contributed by atoms with Gasteiger partial charge in [-0.15, -0.1) is 0 Å². The first kappa shape index (κ1) is 19.1. The van der Waals surface area contributed by atoms with Gasteiger partial charge in [-0.25, -0.2) is 17.5 Å². The topological polar surface area (TPSA) is 83.5 Å². The van der Waals surface area contributed by atoms with E-state index in [4.69, 9.17) is 5.11 Å². The minimum Gasteiger partial charge on any atom is -0.481 e. The van der Waals surface area contributed by atoms with Crippen LogP contribution in [0.15, 0.2) is 53.4 Å². The molecule has 25 heavy (non-hydrogen) atoms.